The molecule has 0 atom stereocenters. The Balaban J connectivity index is 1.31. The molecule has 4 rings (SSSR count). The maximum atomic E-state index is 11.7. The van der Waals surface area contributed by atoms with E-state index in [2.05, 4.69) is 10.00 Å². The van der Waals surface area contributed by atoms with Crippen molar-refractivity contribution in [2.75, 3.05) is 13.1 Å². The Bertz CT molecular complexity index is 693. The van der Waals surface area contributed by atoms with Crippen molar-refractivity contribution in [2.45, 2.75) is 38.8 Å². The van der Waals surface area contributed by atoms with Crippen molar-refractivity contribution in [3.63, 3.8) is 0 Å². The number of aryl methyl sites for hydroxylation is 2. The van der Waals surface area contributed by atoms with Gasteiger partial charge in [0.1, 0.15) is 5.01 Å². The van der Waals surface area contributed by atoms with Crippen LogP contribution in [0.3, 0.4) is 0 Å². The van der Waals surface area contributed by atoms with Gasteiger partial charge in [0.05, 0.1) is 18.8 Å². The van der Waals surface area contributed by atoms with Crippen LogP contribution in [0.15, 0.2) is 23.1 Å². The number of thiazole rings is 1. The Labute approximate surface area is 133 Å². The van der Waals surface area contributed by atoms with Crippen molar-refractivity contribution in [2.24, 2.45) is 5.92 Å². The molecule has 0 saturated carbocycles. The van der Waals surface area contributed by atoms with E-state index >= 15 is 0 Å². The Hall–Kier alpha value is -1.53. The lowest BCUT2D eigenvalue weighted by Crippen LogP contribution is -2.48. The third-order valence-electron chi connectivity index (χ3n) is 4.50. The highest BCUT2D eigenvalue weighted by atomic mass is 32.1. The summed E-state index contributed by atoms with van der Waals surface area (Å²) in [4.78, 5) is 20.4. The first-order chi connectivity index (χ1) is 10.8. The maximum Gasteiger partial charge on any atom is 0.266 e. The molecular weight excluding hydrogens is 296 g/mol. The van der Waals surface area contributed by atoms with Crippen LogP contribution in [0.5, 0.6) is 0 Å². The van der Waals surface area contributed by atoms with Gasteiger partial charge in [0.2, 0.25) is 0 Å². The molecular formula is C16H20N4OS. The molecule has 2 aliphatic rings. The first-order valence-corrected chi connectivity index (χ1v) is 8.81. The molecule has 0 bridgehead atoms. The summed E-state index contributed by atoms with van der Waals surface area (Å²) in [6.45, 7) is 3.76. The van der Waals surface area contributed by atoms with Crippen molar-refractivity contribution < 1.29 is 0 Å². The molecule has 1 fully saturated rings. The van der Waals surface area contributed by atoms with E-state index in [1.165, 1.54) is 34.8 Å². The number of fused-ring (bicyclic) bond motifs is 1. The first-order valence-electron chi connectivity index (χ1n) is 8.00. The average molecular weight is 316 g/mol. The summed E-state index contributed by atoms with van der Waals surface area (Å²) in [6.07, 6.45) is 6.67. The topological polar surface area (TPSA) is 51.0 Å². The Morgan fingerprint density at radius 1 is 1.27 bits per heavy atom. The number of rotatable bonds is 4. The summed E-state index contributed by atoms with van der Waals surface area (Å²) in [5.74, 6) is 0.530. The van der Waals surface area contributed by atoms with Crippen molar-refractivity contribution in [3.8, 4) is 0 Å². The summed E-state index contributed by atoms with van der Waals surface area (Å²) in [5.41, 5.74) is 1.34. The molecule has 22 heavy (non-hydrogen) atoms. The van der Waals surface area contributed by atoms with Gasteiger partial charge < -0.3 is 0 Å². The van der Waals surface area contributed by atoms with E-state index < -0.39 is 0 Å². The van der Waals surface area contributed by atoms with Crippen LogP contribution < -0.4 is 5.56 Å². The SMILES string of the molecule is O=c1cccnn1CC1CN(Cc2nc3c(s2)CCCC3)C1. The minimum absolute atomic E-state index is 0.00597. The lowest BCUT2D eigenvalue weighted by atomic mass is 10.0. The predicted molar refractivity (Wildman–Crippen MR) is 86.0 cm³/mol. The first kappa shape index (κ1) is 14.1. The highest BCUT2D eigenvalue weighted by Gasteiger charge is 2.28. The molecule has 5 nitrogen and oxygen atoms in total. The summed E-state index contributed by atoms with van der Waals surface area (Å²) in [6, 6.07) is 3.26. The quantitative estimate of drug-likeness (QED) is 0.862. The van der Waals surface area contributed by atoms with Crippen molar-refractivity contribution in [1.29, 1.82) is 0 Å². The molecule has 2 aromatic heterocycles. The molecule has 0 amide bonds. The van der Waals surface area contributed by atoms with Crippen molar-refractivity contribution in [3.05, 3.63) is 44.3 Å². The third kappa shape index (κ3) is 2.85. The van der Waals surface area contributed by atoms with Gasteiger partial charge in [0.25, 0.3) is 5.56 Å². The van der Waals surface area contributed by atoms with E-state index in [-0.39, 0.29) is 5.56 Å². The van der Waals surface area contributed by atoms with Gasteiger partial charge in [-0.2, -0.15) is 5.10 Å². The molecule has 0 aromatic carbocycles. The summed E-state index contributed by atoms with van der Waals surface area (Å²) < 4.78 is 1.57. The van der Waals surface area contributed by atoms with E-state index in [1.54, 1.807) is 23.0 Å². The summed E-state index contributed by atoms with van der Waals surface area (Å²) in [7, 11) is 0. The average Bonchev–Trinajstić information content (AvgIpc) is 2.89. The van der Waals surface area contributed by atoms with Crippen LogP contribution in [0.4, 0.5) is 0 Å². The molecule has 0 N–H and O–H groups in total. The fourth-order valence-electron chi connectivity index (χ4n) is 3.35. The molecule has 0 unspecified atom stereocenters. The smallest absolute Gasteiger partial charge is 0.266 e. The van der Waals surface area contributed by atoms with Gasteiger partial charge >= 0.3 is 0 Å². The molecule has 116 valence electrons. The fourth-order valence-corrected chi connectivity index (χ4v) is 4.55. The zero-order chi connectivity index (χ0) is 14.9. The van der Waals surface area contributed by atoms with E-state index in [0.29, 0.717) is 5.92 Å². The second-order valence-electron chi connectivity index (χ2n) is 6.29. The van der Waals surface area contributed by atoms with E-state index in [1.807, 2.05) is 11.3 Å². The molecule has 0 spiro atoms. The van der Waals surface area contributed by atoms with E-state index in [4.69, 9.17) is 4.98 Å². The summed E-state index contributed by atoms with van der Waals surface area (Å²) >= 11 is 1.90. The predicted octanol–water partition coefficient (Wildman–Crippen LogP) is 1.71. The maximum absolute atomic E-state index is 11.7. The van der Waals surface area contributed by atoms with Crippen LogP contribution in [0.25, 0.3) is 0 Å². The van der Waals surface area contributed by atoms with Gasteiger partial charge in [-0.05, 0) is 31.7 Å². The Morgan fingerprint density at radius 3 is 2.95 bits per heavy atom. The molecule has 1 aliphatic heterocycles. The van der Waals surface area contributed by atoms with Gasteiger partial charge in [-0.25, -0.2) is 9.67 Å². The standard InChI is InChI=1S/C16H20N4OS/c21-16-6-3-7-17-20(16)10-12-8-19(9-12)11-15-18-13-4-1-2-5-14(13)22-15/h3,6-7,12H,1-2,4-5,8-11H2. The molecule has 1 aliphatic carbocycles. The van der Waals surface area contributed by atoms with Gasteiger partial charge in [0.15, 0.2) is 0 Å². The van der Waals surface area contributed by atoms with Crippen LogP contribution in [-0.2, 0) is 25.9 Å². The second-order valence-corrected chi connectivity index (χ2v) is 7.46. The lowest BCUT2D eigenvalue weighted by Gasteiger charge is -2.38. The largest absolute Gasteiger partial charge is 0.296 e. The highest BCUT2D eigenvalue weighted by molar-refractivity contribution is 7.11. The Morgan fingerprint density at radius 2 is 2.14 bits per heavy atom. The number of aromatic nitrogens is 3. The molecule has 1 saturated heterocycles. The van der Waals surface area contributed by atoms with E-state index in [0.717, 1.165) is 32.6 Å². The summed E-state index contributed by atoms with van der Waals surface area (Å²) in [5, 5.41) is 5.39. The van der Waals surface area contributed by atoms with Crippen LogP contribution in [0, 0.1) is 5.92 Å². The Kier molecular flexibility index (Phi) is 3.80. The minimum Gasteiger partial charge on any atom is -0.296 e. The van der Waals surface area contributed by atoms with Gasteiger partial charge in [0, 0.05) is 36.1 Å². The van der Waals surface area contributed by atoms with Crippen LogP contribution in [0.1, 0.15) is 28.4 Å². The number of hydrogen-bond acceptors (Lipinski definition) is 5. The molecule has 2 aromatic rings. The monoisotopic (exact) mass is 316 g/mol. The van der Waals surface area contributed by atoms with Crippen LogP contribution in [0.2, 0.25) is 0 Å². The minimum atomic E-state index is -0.00597. The molecule has 0 radical (unpaired) electrons. The fraction of sp³-hybridized carbons (Fsp3) is 0.562. The van der Waals surface area contributed by atoms with Gasteiger partial charge in [-0.1, -0.05) is 0 Å². The van der Waals surface area contributed by atoms with Crippen LogP contribution in [-0.4, -0.2) is 32.8 Å². The van der Waals surface area contributed by atoms with Gasteiger partial charge in [-0.3, -0.25) is 9.69 Å². The second kappa shape index (κ2) is 5.93. The lowest BCUT2D eigenvalue weighted by molar-refractivity contribution is 0.0765. The zero-order valence-electron chi connectivity index (χ0n) is 12.6. The highest BCUT2D eigenvalue weighted by Crippen LogP contribution is 2.28. The van der Waals surface area contributed by atoms with Gasteiger partial charge in [-0.15, -0.1) is 11.3 Å². The molecule has 3 heterocycles. The molecule has 6 heteroatoms. The zero-order valence-corrected chi connectivity index (χ0v) is 13.4. The van der Waals surface area contributed by atoms with Crippen molar-refractivity contribution in [1.82, 2.24) is 19.7 Å². The normalized spacial score (nSPS) is 18.9. The van der Waals surface area contributed by atoms with E-state index in [9.17, 15) is 4.79 Å². The third-order valence-corrected chi connectivity index (χ3v) is 5.64. The number of likely N-dealkylation sites (tertiary alicyclic amines) is 1. The van der Waals surface area contributed by atoms with Crippen molar-refractivity contribution >= 4 is 11.3 Å². The number of nitrogens with zero attached hydrogens (tertiary/aromatic N) is 4. The number of hydrogen-bond donors (Lipinski definition) is 0. The van der Waals surface area contributed by atoms with Crippen LogP contribution >= 0.6 is 11.3 Å².